The van der Waals surface area contributed by atoms with Gasteiger partial charge in [0.1, 0.15) is 0 Å². The van der Waals surface area contributed by atoms with Crippen LogP contribution in [0.25, 0.3) is 0 Å². The van der Waals surface area contributed by atoms with E-state index in [0.29, 0.717) is 24.2 Å². The molecular formula is C23H29NO. The van der Waals surface area contributed by atoms with Crippen molar-refractivity contribution in [3.05, 3.63) is 35.5 Å². The standard InChI is InChI=1S/C23H29NO/c1-5-15-11-20-17-10-14(2)19-12-16(25)6-8-22(19,3)18(17)7-9-23(20,4)21(15)13-24/h5,12,17-18,20-21H,2,6-11H2,1,3-4H3/t17-,18+,20+,21+,22-,23+/m1/s1. The lowest BCUT2D eigenvalue weighted by molar-refractivity contribution is -0.117. The molecular weight excluding hydrogens is 306 g/mol. The van der Waals surface area contributed by atoms with Gasteiger partial charge < -0.3 is 0 Å². The molecule has 2 nitrogen and oxygen atoms in total. The zero-order valence-corrected chi connectivity index (χ0v) is 15.8. The molecule has 0 bridgehead atoms. The second kappa shape index (κ2) is 5.44. The van der Waals surface area contributed by atoms with E-state index in [-0.39, 0.29) is 22.5 Å². The van der Waals surface area contributed by atoms with Gasteiger partial charge in [-0.25, -0.2) is 0 Å². The number of ketones is 1. The Morgan fingerprint density at radius 2 is 2.04 bits per heavy atom. The molecule has 0 saturated heterocycles. The van der Waals surface area contributed by atoms with Crippen molar-refractivity contribution in [2.45, 2.75) is 59.3 Å². The number of allylic oxidation sites excluding steroid dienone is 4. The third-order valence-electron chi connectivity index (χ3n) is 8.35. The molecule has 0 radical (unpaired) electrons. The van der Waals surface area contributed by atoms with Crippen LogP contribution in [0.4, 0.5) is 0 Å². The molecule has 4 aliphatic rings. The molecule has 0 amide bonds. The van der Waals surface area contributed by atoms with Gasteiger partial charge in [-0.05, 0) is 79.3 Å². The number of rotatable bonds is 0. The molecule has 0 heterocycles. The van der Waals surface area contributed by atoms with Gasteiger partial charge in [0, 0.05) is 6.42 Å². The fraction of sp³-hybridized carbons (Fsp3) is 0.652. The van der Waals surface area contributed by atoms with Gasteiger partial charge >= 0.3 is 0 Å². The summed E-state index contributed by atoms with van der Waals surface area (Å²) in [5.41, 5.74) is 4.00. The van der Waals surface area contributed by atoms with Crippen molar-refractivity contribution in [2.24, 2.45) is 34.5 Å². The van der Waals surface area contributed by atoms with E-state index in [1.54, 1.807) is 0 Å². The van der Waals surface area contributed by atoms with Crippen LogP contribution >= 0.6 is 0 Å². The summed E-state index contributed by atoms with van der Waals surface area (Å²) in [4.78, 5) is 12.0. The second-order valence-electron chi connectivity index (χ2n) is 9.30. The average Bonchev–Trinajstić information content (AvgIpc) is 2.88. The van der Waals surface area contributed by atoms with Crippen LogP contribution in [0, 0.1) is 45.8 Å². The zero-order valence-electron chi connectivity index (χ0n) is 15.8. The van der Waals surface area contributed by atoms with E-state index in [4.69, 9.17) is 0 Å². The first-order valence-corrected chi connectivity index (χ1v) is 9.83. The van der Waals surface area contributed by atoms with Crippen LogP contribution in [-0.4, -0.2) is 5.78 Å². The topological polar surface area (TPSA) is 40.9 Å². The first-order valence-electron chi connectivity index (χ1n) is 9.83. The van der Waals surface area contributed by atoms with Gasteiger partial charge in [-0.15, -0.1) is 0 Å². The molecule has 0 aromatic rings. The minimum atomic E-state index is 0.0781. The van der Waals surface area contributed by atoms with Crippen molar-refractivity contribution >= 4 is 5.78 Å². The van der Waals surface area contributed by atoms with Crippen molar-refractivity contribution in [3.8, 4) is 6.07 Å². The molecule has 0 N–H and O–H groups in total. The molecule has 132 valence electrons. The lowest BCUT2D eigenvalue weighted by Crippen LogP contribution is -2.50. The third kappa shape index (κ3) is 2.11. The highest BCUT2D eigenvalue weighted by Gasteiger charge is 2.60. The van der Waals surface area contributed by atoms with Crippen LogP contribution in [0.5, 0.6) is 0 Å². The first kappa shape index (κ1) is 16.8. The van der Waals surface area contributed by atoms with Crippen LogP contribution in [0.1, 0.15) is 59.3 Å². The summed E-state index contributed by atoms with van der Waals surface area (Å²) in [6.45, 7) is 11.2. The fourth-order valence-electron chi connectivity index (χ4n) is 6.97. The minimum Gasteiger partial charge on any atom is -0.295 e. The number of carbonyl (C=O) groups excluding carboxylic acids is 1. The minimum absolute atomic E-state index is 0.0781. The molecule has 25 heavy (non-hydrogen) atoms. The van der Waals surface area contributed by atoms with E-state index in [2.05, 4.69) is 39.5 Å². The lowest BCUT2D eigenvalue weighted by atomic mass is 9.46. The molecule has 2 heteroatoms. The van der Waals surface area contributed by atoms with E-state index >= 15 is 0 Å². The SMILES string of the molecule is C=C1C[C@H]2[C@@H]3CC(=CC)[C@H](C#N)[C@@]3(C)CC[C@@H]2[C@@]2(C)CCC(=O)C=C12. The van der Waals surface area contributed by atoms with Gasteiger partial charge in [0.05, 0.1) is 12.0 Å². The maximum atomic E-state index is 12.0. The Morgan fingerprint density at radius 1 is 1.28 bits per heavy atom. The Balaban J connectivity index is 1.76. The fourth-order valence-corrected chi connectivity index (χ4v) is 6.97. The van der Waals surface area contributed by atoms with E-state index in [1.807, 2.05) is 6.08 Å². The van der Waals surface area contributed by atoms with Crippen molar-refractivity contribution in [3.63, 3.8) is 0 Å². The Kier molecular flexibility index (Phi) is 3.66. The Labute approximate surface area is 151 Å². The average molecular weight is 335 g/mol. The number of hydrogen-bond acceptors (Lipinski definition) is 2. The Morgan fingerprint density at radius 3 is 2.72 bits per heavy atom. The van der Waals surface area contributed by atoms with E-state index in [1.165, 1.54) is 23.1 Å². The maximum Gasteiger partial charge on any atom is 0.156 e. The van der Waals surface area contributed by atoms with Gasteiger partial charge in [-0.1, -0.05) is 37.6 Å². The highest BCUT2D eigenvalue weighted by molar-refractivity contribution is 5.92. The summed E-state index contributed by atoms with van der Waals surface area (Å²) in [6.07, 6.45) is 10.2. The number of nitriles is 1. The van der Waals surface area contributed by atoms with Gasteiger partial charge in [0.15, 0.2) is 5.78 Å². The summed E-state index contributed by atoms with van der Waals surface area (Å²) in [5, 5.41) is 9.83. The normalized spacial score (nSPS) is 47.6. The van der Waals surface area contributed by atoms with Crippen molar-refractivity contribution in [1.82, 2.24) is 0 Å². The molecule has 3 fully saturated rings. The molecule has 0 aromatic carbocycles. The van der Waals surface area contributed by atoms with Gasteiger partial charge in [0.2, 0.25) is 0 Å². The van der Waals surface area contributed by atoms with E-state index < -0.39 is 0 Å². The summed E-state index contributed by atoms with van der Waals surface area (Å²) in [5.74, 6) is 2.17. The van der Waals surface area contributed by atoms with Crippen molar-refractivity contribution in [2.75, 3.05) is 0 Å². The van der Waals surface area contributed by atoms with Crippen LogP contribution in [0.2, 0.25) is 0 Å². The molecule has 4 rings (SSSR count). The molecule has 6 atom stereocenters. The van der Waals surface area contributed by atoms with Crippen molar-refractivity contribution in [1.29, 1.82) is 5.26 Å². The van der Waals surface area contributed by atoms with Crippen LogP contribution < -0.4 is 0 Å². The molecule has 0 unspecified atom stereocenters. The summed E-state index contributed by atoms with van der Waals surface area (Å²) in [7, 11) is 0. The van der Waals surface area contributed by atoms with Gasteiger partial charge in [0.25, 0.3) is 0 Å². The van der Waals surface area contributed by atoms with E-state index in [0.717, 1.165) is 25.7 Å². The van der Waals surface area contributed by atoms with Gasteiger partial charge in [-0.3, -0.25) is 4.79 Å². The largest absolute Gasteiger partial charge is 0.295 e. The predicted octanol–water partition coefficient (Wildman–Crippen LogP) is 5.38. The number of fused-ring (bicyclic) bond motifs is 5. The smallest absolute Gasteiger partial charge is 0.156 e. The number of nitrogens with zero attached hydrogens (tertiary/aromatic N) is 1. The van der Waals surface area contributed by atoms with Crippen LogP contribution in [0.3, 0.4) is 0 Å². The second-order valence-corrected chi connectivity index (χ2v) is 9.30. The molecule has 3 saturated carbocycles. The Bertz CT molecular complexity index is 751. The first-order chi connectivity index (χ1) is 11.8. The van der Waals surface area contributed by atoms with E-state index in [9.17, 15) is 10.1 Å². The number of hydrogen-bond donors (Lipinski definition) is 0. The summed E-state index contributed by atoms with van der Waals surface area (Å²) in [6, 6.07) is 2.64. The highest BCUT2D eigenvalue weighted by Crippen LogP contribution is 2.68. The summed E-state index contributed by atoms with van der Waals surface area (Å²) >= 11 is 0. The molecule has 4 aliphatic carbocycles. The van der Waals surface area contributed by atoms with Crippen LogP contribution in [0.15, 0.2) is 35.5 Å². The lowest BCUT2D eigenvalue weighted by Gasteiger charge is -2.58. The maximum absolute atomic E-state index is 12.0. The molecule has 0 aromatic heterocycles. The third-order valence-corrected chi connectivity index (χ3v) is 8.35. The highest BCUT2D eigenvalue weighted by atomic mass is 16.1. The predicted molar refractivity (Wildman–Crippen MR) is 99.5 cm³/mol. The summed E-state index contributed by atoms with van der Waals surface area (Å²) < 4.78 is 0. The van der Waals surface area contributed by atoms with Gasteiger partial charge in [-0.2, -0.15) is 5.26 Å². The van der Waals surface area contributed by atoms with Crippen molar-refractivity contribution < 1.29 is 4.79 Å². The Hall–Kier alpha value is -1.62. The molecule has 0 aliphatic heterocycles. The quantitative estimate of drug-likeness (QED) is 0.558. The zero-order chi connectivity index (χ0) is 18.0. The monoisotopic (exact) mass is 335 g/mol. The van der Waals surface area contributed by atoms with Crippen LogP contribution in [-0.2, 0) is 4.79 Å². The molecule has 0 spiro atoms. The number of carbonyl (C=O) groups is 1.